The van der Waals surface area contributed by atoms with Crippen LogP contribution in [0.25, 0.3) is 11.0 Å². The van der Waals surface area contributed by atoms with Crippen LogP contribution in [-0.4, -0.2) is 9.97 Å². The molecule has 2 N–H and O–H groups in total. The van der Waals surface area contributed by atoms with Crippen LogP contribution in [0.3, 0.4) is 0 Å². The second-order valence-corrected chi connectivity index (χ2v) is 4.89. The van der Waals surface area contributed by atoms with Crippen LogP contribution in [0.5, 0.6) is 0 Å². The van der Waals surface area contributed by atoms with Gasteiger partial charge in [0.1, 0.15) is 11.6 Å². The van der Waals surface area contributed by atoms with Crippen molar-refractivity contribution in [3.8, 4) is 0 Å². The first-order chi connectivity index (χ1) is 9.72. The van der Waals surface area contributed by atoms with E-state index in [1.165, 1.54) is 6.07 Å². The Morgan fingerprint density at radius 2 is 2.00 bits per heavy atom. The zero-order chi connectivity index (χ0) is 13.9. The molecule has 0 saturated heterocycles. The summed E-state index contributed by atoms with van der Waals surface area (Å²) in [5, 5.41) is 3.31. The molecule has 0 spiro atoms. The van der Waals surface area contributed by atoms with Crippen LogP contribution in [0.4, 0.5) is 4.39 Å². The molecule has 0 amide bonds. The number of aromatic nitrogens is 2. The average Bonchev–Trinajstić information content (AvgIpc) is 2.85. The van der Waals surface area contributed by atoms with E-state index in [0.717, 1.165) is 22.4 Å². The highest BCUT2D eigenvalue weighted by Gasteiger charge is 2.02. The zero-order valence-electron chi connectivity index (χ0n) is 11.3. The number of fused-ring (bicyclic) bond motifs is 1. The Kier molecular flexibility index (Phi) is 3.48. The SMILES string of the molecule is Cc1cc(CNCc2nc3ccccc3[nH]2)ccc1F. The van der Waals surface area contributed by atoms with Gasteiger partial charge in [0, 0.05) is 6.54 Å². The highest BCUT2D eigenvalue weighted by atomic mass is 19.1. The van der Waals surface area contributed by atoms with Crippen molar-refractivity contribution >= 4 is 11.0 Å². The molecule has 3 aromatic rings. The number of aryl methyl sites for hydroxylation is 1. The van der Waals surface area contributed by atoms with Crippen LogP contribution in [0.2, 0.25) is 0 Å². The first-order valence-electron chi connectivity index (χ1n) is 6.62. The van der Waals surface area contributed by atoms with Gasteiger partial charge >= 0.3 is 0 Å². The second-order valence-electron chi connectivity index (χ2n) is 4.89. The Hall–Kier alpha value is -2.20. The van der Waals surface area contributed by atoms with Crippen molar-refractivity contribution in [2.24, 2.45) is 0 Å². The molecule has 102 valence electrons. The molecule has 0 bridgehead atoms. The Labute approximate surface area is 116 Å². The molecule has 3 rings (SSSR count). The minimum atomic E-state index is -0.161. The first-order valence-corrected chi connectivity index (χ1v) is 6.62. The molecule has 2 aromatic carbocycles. The minimum Gasteiger partial charge on any atom is -0.341 e. The summed E-state index contributed by atoms with van der Waals surface area (Å²) >= 11 is 0. The van der Waals surface area contributed by atoms with Gasteiger partial charge < -0.3 is 10.3 Å². The normalized spacial score (nSPS) is 11.1. The third kappa shape index (κ3) is 2.70. The molecule has 3 nitrogen and oxygen atoms in total. The van der Waals surface area contributed by atoms with Gasteiger partial charge in [-0.15, -0.1) is 0 Å². The summed E-state index contributed by atoms with van der Waals surface area (Å²) in [6, 6.07) is 13.1. The number of imidazole rings is 1. The van der Waals surface area contributed by atoms with Crippen molar-refractivity contribution in [2.75, 3.05) is 0 Å². The van der Waals surface area contributed by atoms with E-state index in [1.54, 1.807) is 13.0 Å². The third-order valence-corrected chi connectivity index (χ3v) is 3.28. The van der Waals surface area contributed by atoms with Crippen molar-refractivity contribution in [1.29, 1.82) is 0 Å². The van der Waals surface area contributed by atoms with E-state index in [4.69, 9.17) is 0 Å². The van der Waals surface area contributed by atoms with Crippen LogP contribution in [-0.2, 0) is 13.1 Å². The van der Waals surface area contributed by atoms with Crippen LogP contribution >= 0.6 is 0 Å². The van der Waals surface area contributed by atoms with Gasteiger partial charge in [0.05, 0.1) is 17.6 Å². The monoisotopic (exact) mass is 269 g/mol. The maximum Gasteiger partial charge on any atom is 0.126 e. The lowest BCUT2D eigenvalue weighted by Gasteiger charge is -2.04. The van der Waals surface area contributed by atoms with Crippen molar-refractivity contribution in [3.63, 3.8) is 0 Å². The summed E-state index contributed by atoms with van der Waals surface area (Å²) in [7, 11) is 0. The van der Waals surface area contributed by atoms with E-state index in [0.29, 0.717) is 18.7 Å². The molecule has 0 radical (unpaired) electrons. The van der Waals surface area contributed by atoms with Gasteiger partial charge in [-0.2, -0.15) is 0 Å². The number of halogens is 1. The van der Waals surface area contributed by atoms with E-state index < -0.39 is 0 Å². The average molecular weight is 269 g/mol. The lowest BCUT2D eigenvalue weighted by molar-refractivity contribution is 0.614. The van der Waals surface area contributed by atoms with Gasteiger partial charge in [-0.1, -0.05) is 24.3 Å². The molecule has 0 unspecified atom stereocenters. The Balaban J connectivity index is 1.63. The minimum absolute atomic E-state index is 0.161. The van der Waals surface area contributed by atoms with E-state index in [2.05, 4.69) is 15.3 Å². The second kappa shape index (κ2) is 5.43. The Morgan fingerprint density at radius 3 is 2.80 bits per heavy atom. The molecule has 0 aliphatic carbocycles. The van der Waals surface area contributed by atoms with E-state index in [9.17, 15) is 4.39 Å². The maximum absolute atomic E-state index is 13.2. The molecular weight excluding hydrogens is 253 g/mol. The largest absolute Gasteiger partial charge is 0.341 e. The number of nitrogens with one attached hydrogen (secondary N) is 2. The highest BCUT2D eigenvalue weighted by Crippen LogP contribution is 2.11. The van der Waals surface area contributed by atoms with Gasteiger partial charge in [0.15, 0.2) is 0 Å². The smallest absolute Gasteiger partial charge is 0.126 e. The molecule has 1 aromatic heterocycles. The molecule has 1 heterocycles. The van der Waals surface area contributed by atoms with Gasteiger partial charge in [0.2, 0.25) is 0 Å². The predicted molar refractivity (Wildman–Crippen MR) is 77.8 cm³/mol. The van der Waals surface area contributed by atoms with Crippen molar-refractivity contribution in [3.05, 3.63) is 65.2 Å². The van der Waals surface area contributed by atoms with Crippen LogP contribution in [0, 0.1) is 12.7 Å². The Bertz CT molecular complexity index is 700. The molecule has 0 aliphatic heterocycles. The Morgan fingerprint density at radius 1 is 1.15 bits per heavy atom. The van der Waals surface area contributed by atoms with Crippen LogP contribution in [0.1, 0.15) is 17.0 Å². The summed E-state index contributed by atoms with van der Waals surface area (Å²) in [4.78, 5) is 7.77. The number of rotatable bonds is 4. The van der Waals surface area contributed by atoms with Gasteiger partial charge in [-0.3, -0.25) is 0 Å². The number of hydrogen-bond acceptors (Lipinski definition) is 2. The lowest BCUT2D eigenvalue weighted by Crippen LogP contribution is -2.13. The fourth-order valence-electron chi connectivity index (χ4n) is 2.23. The van der Waals surface area contributed by atoms with E-state index in [1.807, 2.05) is 30.3 Å². The number of aromatic amines is 1. The topological polar surface area (TPSA) is 40.7 Å². The molecular formula is C16H16FN3. The number of H-pyrrole nitrogens is 1. The zero-order valence-corrected chi connectivity index (χ0v) is 11.3. The fraction of sp³-hybridized carbons (Fsp3) is 0.188. The molecule has 4 heteroatoms. The third-order valence-electron chi connectivity index (χ3n) is 3.28. The predicted octanol–water partition coefficient (Wildman–Crippen LogP) is 3.30. The quantitative estimate of drug-likeness (QED) is 0.763. The van der Waals surface area contributed by atoms with Crippen molar-refractivity contribution in [1.82, 2.24) is 15.3 Å². The van der Waals surface area contributed by atoms with Crippen molar-refractivity contribution < 1.29 is 4.39 Å². The molecule has 0 aliphatic rings. The first kappa shape index (κ1) is 12.8. The number of benzene rings is 2. The van der Waals surface area contributed by atoms with E-state index in [-0.39, 0.29) is 5.82 Å². The summed E-state index contributed by atoms with van der Waals surface area (Å²) in [5.74, 6) is 0.746. The number of hydrogen-bond donors (Lipinski definition) is 2. The lowest BCUT2D eigenvalue weighted by atomic mass is 10.1. The summed E-state index contributed by atoms with van der Waals surface area (Å²) in [6.45, 7) is 3.13. The summed E-state index contributed by atoms with van der Waals surface area (Å²) in [5.41, 5.74) is 3.76. The number of nitrogens with zero attached hydrogens (tertiary/aromatic N) is 1. The van der Waals surface area contributed by atoms with Gasteiger partial charge in [0.25, 0.3) is 0 Å². The van der Waals surface area contributed by atoms with Gasteiger partial charge in [-0.05, 0) is 36.2 Å². The number of para-hydroxylation sites is 2. The molecule has 20 heavy (non-hydrogen) atoms. The standard InChI is InChI=1S/C16H16FN3/c1-11-8-12(6-7-13(11)17)9-18-10-16-19-14-4-2-3-5-15(14)20-16/h2-8,18H,9-10H2,1H3,(H,19,20). The molecule has 0 atom stereocenters. The summed E-state index contributed by atoms with van der Waals surface area (Å²) < 4.78 is 13.2. The molecule has 0 saturated carbocycles. The van der Waals surface area contributed by atoms with Crippen molar-refractivity contribution in [2.45, 2.75) is 20.0 Å². The summed E-state index contributed by atoms with van der Waals surface area (Å²) in [6.07, 6.45) is 0. The fourth-order valence-corrected chi connectivity index (χ4v) is 2.23. The van der Waals surface area contributed by atoms with Gasteiger partial charge in [-0.25, -0.2) is 9.37 Å². The maximum atomic E-state index is 13.2. The van der Waals surface area contributed by atoms with E-state index >= 15 is 0 Å². The highest BCUT2D eigenvalue weighted by molar-refractivity contribution is 5.74. The van der Waals surface area contributed by atoms with Crippen LogP contribution < -0.4 is 5.32 Å². The van der Waals surface area contributed by atoms with Crippen LogP contribution in [0.15, 0.2) is 42.5 Å². The molecule has 0 fully saturated rings.